The second-order valence-corrected chi connectivity index (χ2v) is 9.66. The Labute approximate surface area is 216 Å². The molecule has 0 amide bonds. The normalized spacial score (nSPS) is 15.3. The molecule has 2 aromatic carbocycles. The van der Waals surface area contributed by atoms with Crippen LogP contribution in [0.1, 0.15) is 12.1 Å². The van der Waals surface area contributed by atoms with E-state index in [1.54, 1.807) is 13.3 Å². The summed E-state index contributed by atoms with van der Waals surface area (Å²) in [4.78, 5) is 14.0. The first kappa shape index (κ1) is 23.6. The van der Waals surface area contributed by atoms with E-state index < -0.39 is 0 Å². The van der Waals surface area contributed by atoms with E-state index >= 15 is 0 Å². The van der Waals surface area contributed by atoms with Crippen LogP contribution in [0.2, 0.25) is 0 Å². The zero-order valence-electron chi connectivity index (χ0n) is 21.4. The molecule has 1 fully saturated rings. The molecule has 0 aliphatic carbocycles. The topological polar surface area (TPSA) is 93.7 Å². The SMILES string of the molecule is COc1cc(N(C)CCN2CCC2)c(N)cc1Nc1nccc(-c2c3n(c4ccccc24)CCOC3)n1. The quantitative estimate of drug-likeness (QED) is 0.350. The molecule has 9 heteroatoms. The van der Waals surface area contributed by atoms with Crippen molar-refractivity contribution in [3.8, 4) is 17.0 Å². The number of nitrogens with zero attached hydrogens (tertiary/aromatic N) is 5. The molecule has 4 aromatic rings. The first-order valence-corrected chi connectivity index (χ1v) is 12.8. The molecular weight excluding hydrogens is 466 g/mol. The lowest BCUT2D eigenvalue weighted by Gasteiger charge is -2.33. The fourth-order valence-electron chi connectivity index (χ4n) is 5.25. The van der Waals surface area contributed by atoms with Gasteiger partial charge in [-0.3, -0.25) is 0 Å². The summed E-state index contributed by atoms with van der Waals surface area (Å²) in [5.41, 5.74) is 13.1. The van der Waals surface area contributed by atoms with Crippen molar-refractivity contribution in [2.75, 3.05) is 62.9 Å². The smallest absolute Gasteiger partial charge is 0.227 e. The molecule has 2 aliphatic rings. The number of para-hydroxylation sites is 1. The molecule has 0 radical (unpaired) electrons. The minimum absolute atomic E-state index is 0.481. The van der Waals surface area contributed by atoms with Crippen LogP contribution in [0.3, 0.4) is 0 Å². The second kappa shape index (κ2) is 9.91. The number of hydrogen-bond donors (Lipinski definition) is 2. The monoisotopic (exact) mass is 499 g/mol. The number of nitrogens with one attached hydrogen (secondary N) is 1. The third kappa shape index (κ3) is 4.45. The average molecular weight is 500 g/mol. The molecule has 4 heterocycles. The lowest BCUT2D eigenvalue weighted by Crippen LogP contribution is -2.41. The van der Waals surface area contributed by atoms with Gasteiger partial charge in [0, 0.05) is 55.4 Å². The largest absolute Gasteiger partial charge is 0.494 e. The van der Waals surface area contributed by atoms with Gasteiger partial charge in [0.1, 0.15) is 5.75 Å². The maximum absolute atomic E-state index is 6.49. The molecule has 0 atom stereocenters. The highest BCUT2D eigenvalue weighted by Gasteiger charge is 2.22. The highest BCUT2D eigenvalue weighted by atomic mass is 16.5. The van der Waals surface area contributed by atoms with Crippen molar-refractivity contribution in [1.29, 1.82) is 0 Å². The summed E-state index contributed by atoms with van der Waals surface area (Å²) in [7, 11) is 3.73. The molecule has 1 saturated heterocycles. The van der Waals surface area contributed by atoms with Crippen LogP contribution in [0.15, 0.2) is 48.7 Å². The predicted octanol–water partition coefficient (Wildman–Crippen LogP) is 4.10. The molecular formula is C28H33N7O2. The molecule has 2 aliphatic heterocycles. The Hall–Kier alpha value is -3.82. The maximum Gasteiger partial charge on any atom is 0.227 e. The summed E-state index contributed by atoms with van der Waals surface area (Å²) in [5, 5.41) is 4.50. The van der Waals surface area contributed by atoms with Crippen LogP contribution < -0.4 is 20.7 Å². The van der Waals surface area contributed by atoms with Crippen LogP contribution in [0.4, 0.5) is 23.0 Å². The highest BCUT2D eigenvalue weighted by Crippen LogP contribution is 2.38. The van der Waals surface area contributed by atoms with Gasteiger partial charge in [-0.1, -0.05) is 18.2 Å². The Morgan fingerprint density at radius 3 is 2.84 bits per heavy atom. The van der Waals surface area contributed by atoms with E-state index in [2.05, 4.69) is 56.0 Å². The van der Waals surface area contributed by atoms with Crippen molar-refractivity contribution in [3.63, 3.8) is 0 Å². The fraction of sp³-hybridized carbons (Fsp3) is 0.357. The van der Waals surface area contributed by atoms with E-state index in [9.17, 15) is 0 Å². The van der Waals surface area contributed by atoms with Crippen molar-refractivity contribution in [2.24, 2.45) is 0 Å². The zero-order chi connectivity index (χ0) is 25.4. The van der Waals surface area contributed by atoms with Crippen LogP contribution in [-0.4, -0.2) is 66.4 Å². The van der Waals surface area contributed by atoms with Gasteiger partial charge in [0.2, 0.25) is 5.95 Å². The lowest BCUT2D eigenvalue weighted by molar-refractivity contribution is 0.0869. The summed E-state index contributed by atoms with van der Waals surface area (Å²) >= 11 is 0. The summed E-state index contributed by atoms with van der Waals surface area (Å²) in [5.74, 6) is 1.17. The van der Waals surface area contributed by atoms with E-state index in [0.29, 0.717) is 30.6 Å². The first-order valence-electron chi connectivity index (χ1n) is 12.8. The molecule has 9 nitrogen and oxygen atoms in total. The third-order valence-electron chi connectivity index (χ3n) is 7.40. The number of aromatic nitrogens is 3. The molecule has 6 rings (SSSR count). The van der Waals surface area contributed by atoms with Crippen molar-refractivity contribution < 1.29 is 9.47 Å². The van der Waals surface area contributed by atoms with Crippen molar-refractivity contribution in [1.82, 2.24) is 19.4 Å². The average Bonchev–Trinajstić information content (AvgIpc) is 3.22. The van der Waals surface area contributed by atoms with Gasteiger partial charge in [-0.15, -0.1) is 0 Å². The molecule has 0 spiro atoms. The number of nitrogens with two attached hydrogens (primary N) is 1. The van der Waals surface area contributed by atoms with Gasteiger partial charge in [-0.25, -0.2) is 9.97 Å². The number of ether oxygens (including phenoxy) is 2. The van der Waals surface area contributed by atoms with Crippen LogP contribution >= 0.6 is 0 Å². The van der Waals surface area contributed by atoms with Crippen LogP contribution in [0, 0.1) is 0 Å². The number of fused-ring (bicyclic) bond motifs is 3. The van der Waals surface area contributed by atoms with Crippen LogP contribution in [-0.2, 0) is 17.9 Å². The number of benzene rings is 2. The minimum atomic E-state index is 0.481. The lowest BCUT2D eigenvalue weighted by atomic mass is 10.1. The highest BCUT2D eigenvalue weighted by molar-refractivity contribution is 5.97. The number of likely N-dealkylation sites (N-methyl/N-ethyl adjacent to an activating group) is 1. The number of anilines is 4. The van der Waals surface area contributed by atoms with E-state index in [4.69, 9.17) is 20.2 Å². The molecule has 0 bridgehead atoms. The fourth-order valence-corrected chi connectivity index (χ4v) is 5.25. The number of nitrogen functional groups attached to an aromatic ring is 1. The van der Waals surface area contributed by atoms with Crippen molar-refractivity contribution >= 4 is 33.9 Å². The van der Waals surface area contributed by atoms with Gasteiger partial charge in [0.05, 0.1) is 48.8 Å². The Bertz CT molecular complexity index is 1430. The summed E-state index contributed by atoms with van der Waals surface area (Å²) in [6.45, 7) is 6.42. The van der Waals surface area contributed by atoms with Gasteiger partial charge in [-0.05, 0) is 37.7 Å². The van der Waals surface area contributed by atoms with E-state index in [-0.39, 0.29) is 0 Å². The van der Waals surface area contributed by atoms with Gasteiger partial charge >= 0.3 is 0 Å². The molecule has 3 N–H and O–H groups in total. The number of hydrogen-bond acceptors (Lipinski definition) is 8. The zero-order valence-corrected chi connectivity index (χ0v) is 21.4. The number of methoxy groups -OCH3 is 1. The summed E-state index contributed by atoms with van der Waals surface area (Å²) < 4.78 is 13.9. The van der Waals surface area contributed by atoms with Gasteiger partial charge < -0.3 is 34.9 Å². The van der Waals surface area contributed by atoms with Crippen LogP contribution in [0.25, 0.3) is 22.2 Å². The first-order chi connectivity index (χ1) is 18.1. The standard InChI is InChI=1S/C28H33N7O2/c1-33(12-13-34-10-5-11-34)24-17-26(36-2)22(16-20(24)29)32-28-30-9-8-21(31-28)27-19-6-3-4-7-23(19)35-14-15-37-18-25(27)35/h3-4,6-9,16-17H,5,10-15,18,29H2,1-2H3,(H,30,31,32). The number of rotatable bonds is 8. The van der Waals surface area contributed by atoms with E-state index in [0.717, 1.165) is 48.0 Å². The molecule has 0 saturated carbocycles. The molecule has 2 aromatic heterocycles. The Morgan fingerprint density at radius 2 is 2.03 bits per heavy atom. The van der Waals surface area contributed by atoms with E-state index in [1.165, 1.54) is 30.4 Å². The van der Waals surface area contributed by atoms with Gasteiger partial charge in [0.15, 0.2) is 0 Å². The van der Waals surface area contributed by atoms with Crippen LogP contribution in [0.5, 0.6) is 5.75 Å². The minimum Gasteiger partial charge on any atom is -0.494 e. The second-order valence-electron chi connectivity index (χ2n) is 9.66. The Kier molecular flexibility index (Phi) is 6.31. The predicted molar refractivity (Wildman–Crippen MR) is 148 cm³/mol. The molecule has 0 unspecified atom stereocenters. The Balaban J connectivity index is 1.30. The van der Waals surface area contributed by atoms with Crippen molar-refractivity contribution in [2.45, 2.75) is 19.6 Å². The van der Waals surface area contributed by atoms with Gasteiger partial charge in [-0.2, -0.15) is 0 Å². The Morgan fingerprint density at radius 1 is 1.16 bits per heavy atom. The van der Waals surface area contributed by atoms with Crippen molar-refractivity contribution in [3.05, 3.63) is 54.4 Å². The maximum atomic E-state index is 6.49. The molecule has 37 heavy (non-hydrogen) atoms. The summed E-state index contributed by atoms with van der Waals surface area (Å²) in [6.07, 6.45) is 3.07. The van der Waals surface area contributed by atoms with E-state index in [1.807, 2.05) is 18.2 Å². The van der Waals surface area contributed by atoms with Gasteiger partial charge in [0.25, 0.3) is 0 Å². The number of likely N-dealkylation sites (tertiary alicyclic amines) is 1. The molecule has 192 valence electrons. The third-order valence-corrected chi connectivity index (χ3v) is 7.40. The summed E-state index contributed by atoms with van der Waals surface area (Å²) in [6, 6.07) is 14.3.